The standard InChI is InChI=1S/C22H26N2O3S/c1-17-10-11-19(27-17)14-23(2)22(25)16-24(15-20-8-6-12-28-20)13-18-7-4-5-9-21(18)26-3/h4-12H,13-16H2,1-3H3. The predicted molar refractivity (Wildman–Crippen MR) is 111 cm³/mol. The fraction of sp³-hybridized carbons (Fsp3) is 0.318. The van der Waals surface area contributed by atoms with E-state index in [1.807, 2.05) is 56.4 Å². The summed E-state index contributed by atoms with van der Waals surface area (Å²) in [5, 5.41) is 2.06. The minimum Gasteiger partial charge on any atom is -0.496 e. The van der Waals surface area contributed by atoms with Gasteiger partial charge in [-0.05, 0) is 36.6 Å². The Labute approximate surface area is 170 Å². The number of ether oxygens (including phenoxy) is 1. The molecule has 0 radical (unpaired) electrons. The van der Waals surface area contributed by atoms with Gasteiger partial charge in [0.05, 0.1) is 20.2 Å². The van der Waals surface area contributed by atoms with E-state index in [1.165, 1.54) is 4.88 Å². The van der Waals surface area contributed by atoms with Gasteiger partial charge in [0.15, 0.2) is 0 Å². The van der Waals surface area contributed by atoms with Crippen molar-refractivity contribution in [3.8, 4) is 5.75 Å². The van der Waals surface area contributed by atoms with Gasteiger partial charge in [0.2, 0.25) is 5.91 Å². The number of carbonyl (C=O) groups is 1. The summed E-state index contributed by atoms with van der Waals surface area (Å²) in [6.45, 7) is 4.05. The molecule has 2 aromatic heterocycles. The van der Waals surface area contributed by atoms with Crippen LogP contribution >= 0.6 is 11.3 Å². The number of likely N-dealkylation sites (N-methyl/N-ethyl adjacent to an activating group) is 1. The molecule has 0 aliphatic heterocycles. The zero-order valence-electron chi connectivity index (χ0n) is 16.6. The molecule has 28 heavy (non-hydrogen) atoms. The van der Waals surface area contributed by atoms with Crippen molar-refractivity contribution in [1.29, 1.82) is 0 Å². The summed E-state index contributed by atoms with van der Waals surface area (Å²) in [6, 6.07) is 15.9. The third-order valence-electron chi connectivity index (χ3n) is 4.52. The van der Waals surface area contributed by atoms with E-state index in [2.05, 4.69) is 16.3 Å². The van der Waals surface area contributed by atoms with Crippen molar-refractivity contribution in [2.75, 3.05) is 20.7 Å². The van der Waals surface area contributed by atoms with Gasteiger partial charge in [-0.2, -0.15) is 0 Å². The average Bonchev–Trinajstić information content (AvgIpc) is 3.33. The van der Waals surface area contributed by atoms with E-state index in [0.717, 1.165) is 29.4 Å². The molecule has 3 rings (SSSR count). The fourth-order valence-electron chi connectivity index (χ4n) is 3.07. The lowest BCUT2D eigenvalue weighted by Crippen LogP contribution is -2.37. The fourth-order valence-corrected chi connectivity index (χ4v) is 3.82. The number of benzene rings is 1. The predicted octanol–water partition coefficient (Wildman–Crippen LogP) is 4.32. The van der Waals surface area contributed by atoms with Crippen LogP contribution in [0.5, 0.6) is 5.75 Å². The summed E-state index contributed by atoms with van der Waals surface area (Å²) in [5.74, 6) is 2.54. The summed E-state index contributed by atoms with van der Waals surface area (Å²) in [7, 11) is 3.49. The highest BCUT2D eigenvalue weighted by atomic mass is 32.1. The van der Waals surface area contributed by atoms with E-state index < -0.39 is 0 Å². The average molecular weight is 399 g/mol. The molecular formula is C22H26N2O3S. The molecule has 5 nitrogen and oxygen atoms in total. The maximum absolute atomic E-state index is 12.9. The molecule has 0 N–H and O–H groups in total. The Morgan fingerprint density at radius 3 is 2.57 bits per heavy atom. The monoisotopic (exact) mass is 398 g/mol. The Balaban J connectivity index is 1.69. The van der Waals surface area contributed by atoms with E-state index >= 15 is 0 Å². The molecule has 0 saturated heterocycles. The topological polar surface area (TPSA) is 45.9 Å². The molecule has 148 valence electrons. The Morgan fingerprint density at radius 2 is 1.89 bits per heavy atom. The maximum atomic E-state index is 12.9. The highest BCUT2D eigenvalue weighted by Gasteiger charge is 2.18. The quantitative estimate of drug-likeness (QED) is 0.539. The lowest BCUT2D eigenvalue weighted by atomic mass is 10.2. The number of rotatable bonds is 9. The van der Waals surface area contributed by atoms with Gasteiger partial charge in [0.25, 0.3) is 0 Å². The highest BCUT2D eigenvalue weighted by Crippen LogP contribution is 2.21. The number of amides is 1. The number of hydrogen-bond acceptors (Lipinski definition) is 5. The molecule has 0 saturated carbocycles. The van der Waals surface area contributed by atoms with Crippen LogP contribution in [-0.4, -0.2) is 36.4 Å². The summed E-state index contributed by atoms with van der Waals surface area (Å²) < 4.78 is 11.1. The lowest BCUT2D eigenvalue weighted by Gasteiger charge is -2.25. The Hall–Kier alpha value is -2.57. The molecule has 0 unspecified atom stereocenters. The van der Waals surface area contributed by atoms with Crippen LogP contribution < -0.4 is 4.74 Å². The first-order valence-electron chi connectivity index (χ1n) is 9.21. The van der Waals surface area contributed by atoms with Gasteiger partial charge in [-0.15, -0.1) is 11.3 Å². The van der Waals surface area contributed by atoms with Crippen LogP contribution in [0.25, 0.3) is 0 Å². The van der Waals surface area contributed by atoms with Crippen LogP contribution in [0.4, 0.5) is 0 Å². The Morgan fingerprint density at radius 1 is 1.07 bits per heavy atom. The van der Waals surface area contributed by atoms with Crippen molar-refractivity contribution >= 4 is 17.2 Å². The Kier molecular flexibility index (Phi) is 6.90. The molecular weight excluding hydrogens is 372 g/mol. The molecule has 1 amide bonds. The minimum absolute atomic E-state index is 0.0560. The summed E-state index contributed by atoms with van der Waals surface area (Å²) in [6.07, 6.45) is 0. The molecule has 1 aromatic carbocycles. The van der Waals surface area contributed by atoms with Gasteiger partial charge < -0.3 is 14.1 Å². The van der Waals surface area contributed by atoms with Gasteiger partial charge in [0.1, 0.15) is 17.3 Å². The van der Waals surface area contributed by atoms with Crippen LogP contribution in [0, 0.1) is 6.92 Å². The minimum atomic E-state index is 0.0560. The number of thiophene rings is 1. The first-order valence-corrected chi connectivity index (χ1v) is 10.1. The van der Waals surface area contributed by atoms with E-state index in [0.29, 0.717) is 19.6 Å². The maximum Gasteiger partial charge on any atom is 0.236 e. The molecule has 0 bridgehead atoms. The second kappa shape index (κ2) is 9.57. The summed E-state index contributed by atoms with van der Waals surface area (Å²) in [5.41, 5.74) is 1.07. The van der Waals surface area contributed by atoms with Gasteiger partial charge in [0, 0.05) is 30.6 Å². The number of hydrogen-bond donors (Lipinski definition) is 0. The van der Waals surface area contributed by atoms with Crippen molar-refractivity contribution in [3.63, 3.8) is 0 Å². The zero-order valence-corrected chi connectivity index (χ0v) is 17.4. The molecule has 3 aromatic rings. The van der Waals surface area contributed by atoms with Crippen molar-refractivity contribution in [2.45, 2.75) is 26.6 Å². The molecule has 0 atom stereocenters. The molecule has 0 aliphatic carbocycles. The summed E-state index contributed by atoms with van der Waals surface area (Å²) in [4.78, 5) is 17.9. The van der Waals surface area contributed by atoms with E-state index in [9.17, 15) is 4.79 Å². The number of aryl methyl sites for hydroxylation is 1. The summed E-state index contributed by atoms with van der Waals surface area (Å²) >= 11 is 1.70. The lowest BCUT2D eigenvalue weighted by molar-refractivity contribution is -0.132. The molecule has 0 fully saturated rings. The van der Waals surface area contributed by atoms with E-state index in [4.69, 9.17) is 9.15 Å². The Bertz CT molecular complexity index is 889. The van der Waals surface area contributed by atoms with Crippen LogP contribution in [0.15, 0.2) is 58.3 Å². The van der Waals surface area contributed by atoms with Gasteiger partial charge >= 0.3 is 0 Å². The third kappa shape index (κ3) is 5.47. The van der Waals surface area contributed by atoms with E-state index in [1.54, 1.807) is 23.3 Å². The first kappa shape index (κ1) is 20.2. The first-order chi connectivity index (χ1) is 13.5. The van der Waals surface area contributed by atoms with Crippen molar-refractivity contribution in [3.05, 3.63) is 75.9 Å². The van der Waals surface area contributed by atoms with Gasteiger partial charge in [-0.1, -0.05) is 24.3 Å². The zero-order chi connectivity index (χ0) is 19.9. The largest absolute Gasteiger partial charge is 0.496 e. The second-order valence-electron chi connectivity index (χ2n) is 6.80. The number of nitrogens with zero attached hydrogens (tertiary/aromatic N) is 2. The number of methoxy groups -OCH3 is 1. The smallest absolute Gasteiger partial charge is 0.236 e. The molecule has 6 heteroatoms. The SMILES string of the molecule is COc1ccccc1CN(CC(=O)N(C)Cc1ccc(C)o1)Cc1cccs1. The van der Waals surface area contributed by atoms with Crippen molar-refractivity contribution in [2.24, 2.45) is 0 Å². The van der Waals surface area contributed by atoms with Crippen LogP contribution in [0.1, 0.15) is 22.0 Å². The van der Waals surface area contributed by atoms with Crippen molar-refractivity contribution in [1.82, 2.24) is 9.80 Å². The number of carbonyl (C=O) groups excluding carboxylic acids is 1. The number of furan rings is 1. The number of para-hydroxylation sites is 1. The van der Waals surface area contributed by atoms with Crippen molar-refractivity contribution < 1.29 is 13.9 Å². The molecule has 0 aliphatic rings. The highest BCUT2D eigenvalue weighted by molar-refractivity contribution is 7.09. The van der Waals surface area contributed by atoms with Gasteiger partial charge in [-0.3, -0.25) is 9.69 Å². The van der Waals surface area contributed by atoms with Gasteiger partial charge in [-0.25, -0.2) is 0 Å². The van der Waals surface area contributed by atoms with Crippen LogP contribution in [0.2, 0.25) is 0 Å². The second-order valence-corrected chi connectivity index (χ2v) is 7.83. The molecule has 2 heterocycles. The van der Waals surface area contributed by atoms with E-state index in [-0.39, 0.29) is 5.91 Å². The van der Waals surface area contributed by atoms with Crippen LogP contribution in [0.3, 0.4) is 0 Å². The molecule has 0 spiro atoms. The normalized spacial score (nSPS) is 11.0. The van der Waals surface area contributed by atoms with Crippen LogP contribution in [-0.2, 0) is 24.4 Å². The third-order valence-corrected chi connectivity index (χ3v) is 5.38.